The summed E-state index contributed by atoms with van der Waals surface area (Å²) in [7, 11) is 0. The zero-order valence-corrected chi connectivity index (χ0v) is 13.5. The van der Waals surface area contributed by atoms with Gasteiger partial charge in [-0.15, -0.1) is 0 Å². The van der Waals surface area contributed by atoms with Crippen LogP contribution in [-0.2, 0) is 12.8 Å². The molecule has 0 saturated heterocycles. The summed E-state index contributed by atoms with van der Waals surface area (Å²) in [5.74, 6) is -0.116. The smallest absolute Gasteiger partial charge is 0.157 e. The average molecular weight is 332 g/mol. The first-order valence-electron chi connectivity index (χ1n) is 8.09. The Kier molecular flexibility index (Phi) is 6.46. The van der Waals surface area contributed by atoms with E-state index in [2.05, 4.69) is 0 Å². The molecule has 2 aromatic rings. The van der Waals surface area contributed by atoms with E-state index in [1.807, 2.05) is 12.1 Å². The van der Waals surface area contributed by atoms with Crippen molar-refractivity contribution in [2.75, 3.05) is 0 Å². The molecule has 0 fully saturated rings. The predicted molar refractivity (Wildman–Crippen MR) is 91.2 cm³/mol. The van der Waals surface area contributed by atoms with Crippen LogP contribution in [0.5, 0.6) is 17.2 Å². The lowest BCUT2D eigenvalue weighted by atomic mass is 9.99. The molecule has 0 bridgehead atoms. The summed E-state index contributed by atoms with van der Waals surface area (Å²) < 4.78 is 0. The van der Waals surface area contributed by atoms with Gasteiger partial charge < -0.3 is 25.5 Å². The Morgan fingerprint density at radius 1 is 0.667 bits per heavy atom. The lowest BCUT2D eigenvalue weighted by Crippen LogP contribution is -2.19. The van der Waals surface area contributed by atoms with E-state index >= 15 is 0 Å². The van der Waals surface area contributed by atoms with Gasteiger partial charge in [-0.05, 0) is 67.5 Å². The second-order valence-corrected chi connectivity index (χ2v) is 6.11. The minimum Gasteiger partial charge on any atom is -0.508 e. The van der Waals surface area contributed by atoms with Crippen molar-refractivity contribution in [1.82, 2.24) is 0 Å². The number of rotatable bonds is 8. The van der Waals surface area contributed by atoms with Gasteiger partial charge in [-0.3, -0.25) is 0 Å². The highest BCUT2D eigenvalue weighted by atomic mass is 16.3. The normalized spacial score (nSPS) is 13.6. The number of benzene rings is 2. The molecule has 2 atom stereocenters. The van der Waals surface area contributed by atoms with E-state index in [-0.39, 0.29) is 17.2 Å². The van der Waals surface area contributed by atoms with Crippen LogP contribution in [0.15, 0.2) is 42.5 Å². The molecule has 0 heterocycles. The highest BCUT2D eigenvalue weighted by Crippen LogP contribution is 2.25. The highest BCUT2D eigenvalue weighted by Gasteiger charge is 2.13. The van der Waals surface area contributed by atoms with E-state index in [0.29, 0.717) is 32.1 Å². The Morgan fingerprint density at radius 3 is 1.79 bits per heavy atom. The molecule has 0 aromatic heterocycles. The Labute approximate surface area is 141 Å². The largest absolute Gasteiger partial charge is 0.508 e. The monoisotopic (exact) mass is 332 g/mol. The number of hydrogen-bond acceptors (Lipinski definition) is 5. The molecule has 24 heavy (non-hydrogen) atoms. The standard InChI is InChI=1S/C19H24O5/c20-15-6-1-13(2-7-15)3-8-16(21)12-17(22)9-4-14-5-10-18(23)19(24)11-14/h1-2,5-7,10-11,16-17,20-24H,3-4,8-9,12H2/t16-,17+/m0/s1. The van der Waals surface area contributed by atoms with Gasteiger partial charge in [0.05, 0.1) is 12.2 Å². The minimum absolute atomic E-state index is 0.163. The van der Waals surface area contributed by atoms with Crippen LogP contribution in [-0.4, -0.2) is 37.7 Å². The van der Waals surface area contributed by atoms with Gasteiger partial charge in [0.2, 0.25) is 0 Å². The summed E-state index contributed by atoms with van der Waals surface area (Å²) >= 11 is 0. The van der Waals surface area contributed by atoms with E-state index in [4.69, 9.17) is 0 Å². The van der Waals surface area contributed by atoms with Crippen LogP contribution in [0.3, 0.4) is 0 Å². The van der Waals surface area contributed by atoms with Gasteiger partial charge in [-0.25, -0.2) is 0 Å². The molecule has 2 aromatic carbocycles. The molecule has 0 amide bonds. The van der Waals surface area contributed by atoms with Crippen LogP contribution < -0.4 is 0 Å². The molecule has 5 N–H and O–H groups in total. The van der Waals surface area contributed by atoms with Crippen molar-refractivity contribution >= 4 is 0 Å². The number of phenolic OH excluding ortho intramolecular Hbond substituents is 3. The van der Waals surface area contributed by atoms with Crippen molar-refractivity contribution in [3.63, 3.8) is 0 Å². The zero-order valence-electron chi connectivity index (χ0n) is 13.5. The van der Waals surface area contributed by atoms with Gasteiger partial charge in [-0.2, -0.15) is 0 Å². The molecule has 0 aliphatic carbocycles. The maximum atomic E-state index is 10.0. The second-order valence-electron chi connectivity index (χ2n) is 6.11. The average Bonchev–Trinajstić information content (AvgIpc) is 2.55. The van der Waals surface area contributed by atoms with Crippen LogP contribution in [0.25, 0.3) is 0 Å². The third-order valence-electron chi connectivity index (χ3n) is 4.05. The van der Waals surface area contributed by atoms with Crippen LogP contribution in [0.2, 0.25) is 0 Å². The predicted octanol–water partition coefficient (Wildman–Crippen LogP) is 2.48. The van der Waals surface area contributed by atoms with Gasteiger partial charge in [0.1, 0.15) is 5.75 Å². The maximum absolute atomic E-state index is 10.0. The second kappa shape index (κ2) is 8.57. The van der Waals surface area contributed by atoms with Crippen LogP contribution in [0.1, 0.15) is 30.4 Å². The van der Waals surface area contributed by atoms with Crippen LogP contribution in [0, 0.1) is 0 Å². The van der Waals surface area contributed by atoms with E-state index < -0.39 is 12.2 Å². The molecule has 0 spiro atoms. The van der Waals surface area contributed by atoms with Gasteiger partial charge >= 0.3 is 0 Å². The van der Waals surface area contributed by atoms with Crippen molar-refractivity contribution in [2.24, 2.45) is 0 Å². The first kappa shape index (κ1) is 18.1. The number of aliphatic hydroxyl groups excluding tert-OH is 2. The fourth-order valence-electron chi connectivity index (χ4n) is 2.60. The van der Waals surface area contributed by atoms with Gasteiger partial charge in [0, 0.05) is 0 Å². The van der Waals surface area contributed by atoms with E-state index in [1.54, 1.807) is 18.2 Å². The van der Waals surface area contributed by atoms with Crippen LogP contribution >= 0.6 is 0 Å². The summed E-state index contributed by atoms with van der Waals surface area (Å²) in [6.07, 6.45) is 1.32. The molecule has 130 valence electrons. The van der Waals surface area contributed by atoms with Crippen LogP contribution in [0.4, 0.5) is 0 Å². The number of hydrogen-bond donors (Lipinski definition) is 5. The first-order chi connectivity index (χ1) is 11.4. The number of aryl methyl sites for hydroxylation is 2. The molecule has 2 rings (SSSR count). The number of phenols is 3. The van der Waals surface area contributed by atoms with Crippen molar-refractivity contribution < 1.29 is 25.5 Å². The Morgan fingerprint density at radius 2 is 1.21 bits per heavy atom. The molecule has 0 saturated carbocycles. The van der Waals surface area contributed by atoms with Crippen molar-refractivity contribution in [1.29, 1.82) is 0 Å². The fraction of sp³-hybridized carbons (Fsp3) is 0.368. The summed E-state index contributed by atoms with van der Waals surface area (Å²) in [4.78, 5) is 0. The topological polar surface area (TPSA) is 101 Å². The third-order valence-corrected chi connectivity index (χ3v) is 4.05. The van der Waals surface area contributed by atoms with E-state index in [1.165, 1.54) is 12.1 Å². The van der Waals surface area contributed by atoms with E-state index in [0.717, 1.165) is 11.1 Å². The molecular weight excluding hydrogens is 308 g/mol. The molecule has 5 nitrogen and oxygen atoms in total. The van der Waals surface area contributed by atoms with Gasteiger partial charge in [0.15, 0.2) is 11.5 Å². The molecule has 0 aliphatic rings. The number of aromatic hydroxyl groups is 3. The van der Waals surface area contributed by atoms with Gasteiger partial charge in [-0.1, -0.05) is 18.2 Å². The third kappa shape index (κ3) is 5.76. The lowest BCUT2D eigenvalue weighted by Gasteiger charge is -2.16. The zero-order chi connectivity index (χ0) is 17.5. The van der Waals surface area contributed by atoms with Gasteiger partial charge in [0.25, 0.3) is 0 Å². The quantitative estimate of drug-likeness (QED) is 0.478. The Bertz CT molecular complexity index is 639. The van der Waals surface area contributed by atoms with Crippen molar-refractivity contribution in [2.45, 2.75) is 44.3 Å². The minimum atomic E-state index is -0.629. The summed E-state index contributed by atoms with van der Waals surface area (Å²) in [6.45, 7) is 0. The Hall–Kier alpha value is -2.24. The SMILES string of the molecule is Oc1ccc(CC[C@H](O)C[C@H](O)CCc2ccc(O)c(O)c2)cc1. The molecule has 0 aliphatic heterocycles. The molecule has 0 unspecified atom stereocenters. The van der Waals surface area contributed by atoms with Crippen molar-refractivity contribution in [3.05, 3.63) is 53.6 Å². The maximum Gasteiger partial charge on any atom is 0.157 e. The molecular formula is C19H24O5. The van der Waals surface area contributed by atoms with E-state index in [9.17, 15) is 25.5 Å². The fourth-order valence-corrected chi connectivity index (χ4v) is 2.60. The summed E-state index contributed by atoms with van der Waals surface area (Å²) in [5, 5.41) is 48.0. The summed E-state index contributed by atoms with van der Waals surface area (Å²) in [6, 6.07) is 11.5. The summed E-state index contributed by atoms with van der Waals surface area (Å²) in [5.41, 5.74) is 1.85. The Balaban J connectivity index is 1.71. The molecule has 5 heteroatoms. The number of aliphatic hydroxyl groups is 2. The first-order valence-corrected chi connectivity index (χ1v) is 8.09. The lowest BCUT2D eigenvalue weighted by molar-refractivity contribution is 0.0714. The highest BCUT2D eigenvalue weighted by molar-refractivity contribution is 5.40. The molecule has 0 radical (unpaired) electrons. The van der Waals surface area contributed by atoms with Crippen molar-refractivity contribution in [3.8, 4) is 17.2 Å².